The Labute approximate surface area is 109 Å². The molecule has 1 aromatic rings. The second-order valence-electron chi connectivity index (χ2n) is 4.75. The maximum atomic E-state index is 12.1. The second kappa shape index (κ2) is 5.53. The van der Waals surface area contributed by atoms with Crippen LogP contribution < -0.4 is 5.32 Å². The van der Waals surface area contributed by atoms with Crippen LogP contribution in [0.5, 0.6) is 0 Å². The quantitative estimate of drug-likeness (QED) is 0.885. The van der Waals surface area contributed by atoms with Crippen LogP contribution in [0.25, 0.3) is 0 Å². The van der Waals surface area contributed by atoms with E-state index in [2.05, 4.69) is 36.5 Å². The Bertz CT molecular complexity index is 413. The van der Waals surface area contributed by atoms with Crippen molar-refractivity contribution < 1.29 is 4.79 Å². The van der Waals surface area contributed by atoms with Crippen LogP contribution in [0.4, 0.5) is 0 Å². The van der Waals surface area contributed by atoms with Crippen molar-refractivity contribution >= 4 is 5.91 Å². The summed E-state index contributed by atoms with van der Waals surface area (Å²) < 4.78 is 0. The molecule has 18 heavy (non-hydrogen) atoms. The minimum absolute atomic E-state index is 0.0270. The molecule has 1 N–H and O–H groups in total. The fourth-order valence-electron chi connectivity index (χ4n) is 2.52. The standard InChI is InChI=1S/C15H22N2O/c1-4-11-7-9-12(10-8-11)14-16-13(5-2)15(18)17(14)6-3/h7-10,13-14,16H,4-6H2,1-3H3. The Morgan fingerprint density at radius 1 is 1.17 bits per heavy atom. The second-order valence-corrected chi connectivity index (χ2v) is 4.75. The Morgan fingerprint density at radius 2 is 1.83 bits per heavy atom. The van der Waals surface area contributed by atoms with Gasteiger partial charge in [-0.15, -0.1) is 0 Å². The molecule has 0 spiro atoms. The van der Waals surface area contributed by atoms with Crippen LogP contribution in [0.3, 0.4) is 0 Å². The third-order valence-electron chi connectivity index (χ3n) is 3.70. The zero-order valence-corrected chi connectivity index (χ0v) is 11.4. The van der Waals surface area contributed by atoms with Gasteiger partial charge in [0.25, 0.3) is 0 Å². The minimum Gasteiger partial charge on any atom is -0.322 e. The lowest BCUT2D eigenvalue weighted by atomic mass is 10.1. The van der Waals surface area contributed by atoms with Gasteiger partial charge in [-0.2, -0.15) is 0 Å². The first-order valence-corrected chi connectivity index (χ1v) is 6.86. The summed E-state index contributed by atoms with van der Waals surface area (Å²) in [6.45, 7) is 6.98. The molecule has 2 unspecified atom stereocenters. The number of nitrogens with one attached hydrogen (secondary N) is 1. The summed E-state index contributed by atoms with van der Waals surface area (Å²) in [6, 6.07) is 8.53. The van der Waals surface area contributed by atoms with E-state index in [4.69, 9.17) is 0 Å². The van der Waals surface area contributed by atoms with E-state index in [0.29, 0.717) is 0 Å². The summed E-state index contributed by atoms with van der Waals surface area (Å²) in [5.74, 6) is 0.226. The van der Waals surface area contributed by atoms with Gasteiger partial charge in [0, 0.05) is 6.54 Å². The topological polar surface area (TPSA) is 32.3 Å². The van der Waals surface area contributed by atoms with Gasteiger partial charge in [-0.25, -0.2) is 0 Å². The third kappa shape index (κ3) is 2.27. The van der Waals surface area contributed by atoms with Gasteiger partial charge in [0.15, 0.2) is 0 Å². The van der Waals surface area contributed by atoms with E-state index in [1.807, 2.05) is 18.7 Å². The van der Waals surface area contributed by atoms with E-state index in [1.54, 1.807) is 0 Å². The van der Waals surface area contributed by atoms with Crippen LogP contribution in [-0.2, 0) is 11.2 Å². The Morgan fingerprint density at radius 3 is 2.33 bits per heavy atom. The molecule has 1 heterocycles. The number of likely N-dealkylation sites (N-methyl/N-ethyl adjacent to an activating group) is 1. The molecule has 2 rings (SSSR count). The van der Waals surface area contributed by atoms with Crippen LogP contribution in [0, 0.1) is 0 Å². The number of rotatable bonds is 4. The monoisotopic (exact) mass is 246 g/mol. The lowest BCUT2D eigenvalue weighted by molar-refractivity contribution is -0.129. The summed E-state index contributed by atoms with van der Waals surface area (Å²) in [4.78, 5) is 14.1. The smallest absolute Gasteiger partial charge is 0.241 e. The molecular formula is C15H22N2O. The molecule has 3 heteroatoms. The molecular weight excluding hydrogens is 224 g/mol. The van der Waals surface area contributed by atoms with E-state index in [0.717, 1.165) is 19.4 Å². The highest BCUT2D eigenvalue weighted by Gasteiger charge is 2.37. The predicted octanol–water partition coefficient (Wildman–Crippen LogP) is 2.48. The molecule has 98 valence electrons. The van der Waals surface area contributed by atoms with Crippen LogP contribution in [0.2, 0.25) is 0 Å². The highest BCUT2D eigenvalue weighted by atomic mass is 16.2. The summed E-state index contributed by atoms with van der Waals surface area (Å²) in [5.41, 5.74) is 2.51. The van der Waals surface area contributed by atoms with Crippen molar-refractivity contribution in [1.29, 1.82) is 0 Å². The summed E-state index contributed by atoms with van der Waals surface area (Å²) in [7, 11) is 0. The Hall–Kier alpha value is -1.35. The highest BCUT2D eigenvalue weighted by molar-refractivity contribution is 5.84. The fourth-order valence-corrected chi connectivity index (χ4v) is 2.52. The molecule has 1 saturated heterocycles. The fraction of sp³-hybridized carbons (Fsp3) is 0.533. The average molecular weight is 246 g/mol. The van der Waals surface area contributed by atoms with E-state index >= 15 is 0 Å². The molecule has 0 bridgehead atoms. The summed E-state index contributed by atoms with van der Waals surface area (Å²) >= 11 is 0. The normalized spacial score (nSPS) is 23.7. The molecule has 3 nitrogen and oxygen atoms in total. The van der Waals surface area contributed by atoms with Gasteiger partial charge in [-0.3, -0.25) is 10.1 Å². The number of hydrogen-bond acceptors (Lipinski definition) is 2. The van der Waals surface area contributed by atoms with E-state index in [1.165, 1.54) is 11.1 Å². The van der Waals surface area contributed by atoms with Gasteiger partial charge in [-0.05, 0) is 30.9 Å². The highest BCUT2D eigenvalue weighted by Crippen LogP contribution is 2.26. The maximum Gasteiger partial charge on any atom is 0.241 e. The molecule has 1 amide bonds. The number of amides is 1. The number of carbonyl (C=O) groups is 1. The lowest BCUT2D eigenvalue weighted by Gasteiger charge is -2.23. The number of benzene rings is 1. The first-order chi connectivity index (χ1) is 8.71. The van der Waals surface area contributed by atoms with Crippen molar-refractivity contribution in [2.45, 2.75) is 45.8 Å². The summed E-state index contributed by atoms with van der Waals surface area (Å²) in [6.07, 6.45) is 1.93. The van der Waals surface area contributed by atoms with Gasteiger partial charge in [0.1, 0.15) is 6.17 Å². The van der Waals surface area contributed by atoms with Crippen LogP contribution >= 0.6 is 0 Å². The SMILES string of the molecule is CCc1ccc(C2NC(CC)C(=O)N2CC)cc1. The predicted molar refractivity (Wildman–Crippen MR) is 73.2 cm³/mol. The maximum absolute atomic E-state index is 12.1. The molecule has 0 aliphatic carbocycles. The van der Waals surface area contributed by atoms with Crippen molar-refractivity contribution in [3.8, 4) is 0 Å². The van der Waals surface area contributed by atoms with Crippen LogP contribution in [0.15, 0.2) is 24.3 Å². The van der Waals surface area contributed by atoms with E-state index in [9.17, 15) is 4.79 Å². The largest absolute Gasteiger partial charge is 0.322 e. The van der Waals surface area contributed by atoms with Crippen molar-refractivity contribution in [3.05, 3.63) is 35.4 Å². The number of carbonyl (C=O) groups excluding carboxylic acids is 1. The van der Waals surface area contributed by atoms with Gasteiger partial charge in [-0.1, -0.05) is 38.1 Å². The molecule has 2 atom stereocenters. The zero-order chi connectivity index (χ0) is 13.1. The zero-order valence-electron chi connectivity index (χ0n) is 11.4. The molecule has 0 saturated carbocycles. The van der Waals surface area contributed by atoms with Gasteiger partial charge < -0.3 is 4.90 Å². The molecule has 1 aliphatic heterocycles. The number of hydrogen-bond donors (Lipinski definition) is 1. The molecule has 0 aromatic heterocycles. The summed E-state index contributed by atoms with van der Waals surface area (Å²) in [5, 5.41) is 3.42. The molecule has 0 radical (unpaired) electrons. The Kier molecular flexibility index (Phi) is 4.02. The van der Waals surface area contributed by atoms with Crippen molar-refractivity contribution in [2.24, 2.45) is 0 Å². The Balaban J connectivity index is 2.23. The third-order valence-corrected chi connectivity index (χ3v) is 3.70. The van der Waals surface area contributed by atoms with Crippen LogP contribution in [0.1, 0.15) is 44.5 Å². The van der Waals surface area contributed by atoms with Gasteiger partial charge >= 0.3 is 0 Å². The average Bonchev–Trinajstić information content (AvgIpc) is 2.75. The van der Waals surface area contributed by atoms with E-state index < -0.39 is 0 Å². The number of aryl methyl sites for hydroxylation is 1. The number of nitrogens with zero attached hydrogens (tertiary/aromatic N) is 1. The van der Waals surface area contributed by atoms with Crippen molar-refractivity contribution in [3.63, 3.8) is 0 Å². The molecule has 1 aliphatic rings. The molecule has 1 fully saturated rings. The van der Waals surface area contributed by atoms with Gasteiger partial charge in [0.2, 0.25) is 5.91 Å². The van der Waals surface area contributed by atoms with Crippen molar-refractivity contribution in [1.82, 2.24) is 10.2 Å². The molecule has 1 aromatic carbocycles. The first kappa shape index (κ1) is 13.1. The van der Waals surface area contributed by atoms with E-state index in [-0.39, 0.29) is 18.1 Å². The first-order valence-electron chi connectivity index (χ1n) is 6.86. The lowest BCUT2D eigenvalue weighted by Crippen LogP contribution is -2.30. The van der Waals surface area contributed by atoms with Crippen molar-refractivity contribution in [2.75, 3.05) is 6.54 Å². The van der Waals surface area contributed by atoms with Crippen LogP contribution in [-0.4, -0.2) is 23.4 Å². The van der Waals surface area contributed by atoms with Gasteiger partial charge in [0.05, 0.1) is 6.04 Å². The minimum atomic E-state index is -0.0270.